The fraction of sp³-hybridized carbons (Fsp3) is 0.429. The molecule has 1 unspecified atom stereocenters. The number of benzene rings is 1. The maximum absolute atomic E-state index is 12.6. The first-order valence-electron chi connectivity index (χ1n) is 6.14. The Balaban J connectivity index is 2.08. The van der Waals surface area contributed by atoms with E-state index in [0.29, 0.717) is 17.9 Å². The van der Waals surface area contributed by atoms with Crippen LogP contribution in [0.5, 0.6) is 0 Å². The maximum Gasteiger partial charge on any atom is 0.416 e. The van der Waals surface area contributed by atoms with Gasteiger partial charge in [-0.25, -0.2) is 0 Å². The number of allylic oxidation sites excluding steroid dienone is 1. The highest BCUT2D eigenvalue weighted by molar-refractivity contribution is 5.27. The van der Waals surface area contributed by atoms with Gasteiger partial charge in [-0.2, -0.15) is 13.2 Å². The quantitative estimate of drug-likeness (QED) is 0.914. The van der Waals surface area contributed by atoms with E-state index in [-0.39, 0.29) is 6.42 Å². The monoisotopic (exact) mass is 272 g/mol. The Kier molecular flexibility index (Phi) is 4.14. The fourth-order valence-electron chi connectivity index (χ4n) is 2.01. The van der Waals surface area contributed by atoms with Crippen molar-refractivity contribution in [2.75, 3.05) is 6.61 Å². The molecule has 1 aliphatic heterocycles. The first-order chi connectivity index (χ1) is 8.97. The van der Waals surface area contributed by atoms with E-state index in [4.69, 9.17) is 4.74 Å². The van der Waals surface area contributed by atoms with E-state index >= 15 is 0 Å². The van der Waals surface area contributed by atoms with Crippen LogP contribution in [-0.4, -0.2) is 17.8 Å². The Labute approximate surface area is 109 Å². The van der Waals surface area contributed by atoms with Gasteiger partial charge in [0.25, 0.3) is 0 Å². The number of alkyl halides is 3. The summed E-state index contributed by atoms with van der Waals surface area (Å²) in [5, 5.41) is 9.95. The van der Waals surface area contributed by atoms with Gasteiger partial charge in [0, 0.05) is 6.42 Å². The summed E-state index contributed by atoms with van der Waals surface area (Å²) >= 11 is 0. The predicted octanol–water partition coefficient (Wildman–Crippen LogP) is 3.30. The topological polar surface area (TPSA) is 29.5 Å². The van der Waals surface area contributed by atoms with Crippen LogP contribution in [0, 0.1) is 0 Å². The van der Waals surface area contributed by atoms with Crippen LogP contribution in [0.25, 0.3) is 0 Å². The fourth-order valence-corrected chi connectivity index (χ4v) is 2.01. The number of rotatable bonds is 3. The van der Waals surface area contributed by atoms with Crippen molar-refractivity contribution in [2.24, 2.45) is 0 Å². The standard InChI is InChI=1S/C14H15F3O2/c15-14(16,17)11-5-3-4-10(8-11)9-12(18)13-6-1-2-7-19-13/h3-6,8,12,18H,1-2,7,9H2. The van der Waals surface area contributed by atoms with Gasteiger partial charge in [-0.3, -0.25) is 0 Å². The summed E-state index contributed by atoms with van der Waals surface area (Å²) in [5.41, 5.74) is -0.256. The molecule has 5 heteroatoms. The van der Waals surface area contributed by atoms with Crippen molar-refractivity contribution in [2.45, 2.75) is 31.5 Å². The van der Waals surface area contributed by atoms with Crippen LogP contribution < -0.4 is 0 Å². The number of halogens is 3. The van der Waals surface area contributed by atoms with Gasteiger partial charge in [-0.15, -0.1) is 0 Å². The first-order valence-corrected chi connectivity index (χ1v) is 6.14. The van der Waals surface area contributed by atoms with E-state index < -0.39 is 17.8 Å². The van der Waals surface area contributed by atoms with Gasteiger partial charge < -0.3 is 9.84 Å². The molecule has 0 aliphatic carbocycles. The van der Waals surface area contributed by atoms with Crippen LogP contribution in [0.4, 0.5) is 13.2 Å². The summed E-state index contributed by atoms with van der Waals surface area (Å²) in [7, 11) is 0. The van der Waals surface area contributed by atoms with E-state index in [1.165, 1.54) is 6.07 Å². The van der Waals surface area contributed by atoms with Crippen molar-refractivity contribution in [3.05, 3.63) is 47.2 Å². The van der Waals surface area contributed by atoms with Crippen LogP contribution in [0.1, 0.15) is 24.0 Å². The highest BCUT2D eigenvalue weighted by Crippen LogP contribution is 2.30. The van der Waals surface area contributed by atoms with Crippen LogP contribution in [0.2, 0.25) is 0 Å². The van der Waals surface area contributed by atoms with Crippen molar-refractivity contribution < 1.29 is 23.0 Å². The normalized spacial score (nSPS) is 17.6. The molecule has 2 rings (SSSR count). The van der Waals surface area contributed by atoms with E-state index in [0.717, 1.165) is 25.0 Å². The lowest BCUT2D eigenvalue weighted by Crippen LogP contribution is -2.19. The van der Waals surface area contributed by atoms with Crippen molar-refractivity contribution >= 4 is 0 Å². The third-order valence-corrected chi connectivity index (χ3v) is 2.97. The van der Waals surface area contributed by atoms with Gasteiger partial charge in [0.05, 0.1) is 12.2 Å². The van der Waals surface area contributed by atoms with Crippen molar-refractivity contribution in [1.82, 2.24) is 0 Å². The van der Waals surface area contributed by atoms with Gasteiger partial charge >= 0.3 is 6.18 Å². The van der Waals surface area contributed by atoms with Crippen LogP contribution >= 0.6 is 0 Å². The molecule has 0 spiro atoms. The van der Waals surface area contributed by atoms with Gasteiger partial charge in [0.1, 0.15) is 11.9 Å². The minimum atomic E-state index is -4.36. The van der Waals surface area contributed by atoms with Crippen molar-refractivity contribution in [1.29, 1.82) is 0 Å². The lowest BCUT2D eigenvalue weighted by molar-refractivity contribution is -0.137. The van der Waals surface area contributed by atoms with Crippen LogP contribution in [-0.2, 0) is 17.3 Å². The molecular formula is C14H15F3O2. The number of aliphatic hydroxyl groups is 1. The van der Waals surface area contributed by atoms with Gasteiger partial charge in [-0.05, 0) is 30.5 Å². The van der Waals surface area contributed by atoms with Crippen molar-refractivity contribution in [3.8, 4) is 0 Å². The van der Waals surface area contributed by atoms with E-state index in [2.05, 4.69) is 0 Å². The Morgan fingerprint density at radius 2 is 2.11 bits per heavy atom. The third-order valence-electron chi connectivity index (χ3n) is 2.97. The van der Waals surface area contributed by atoms with Gasteiger partial charge in [0.15, 0.2) is 0 Å². The summed E-state index contributed by atoms with van der Waals surface area (Å²) < 4.78 is 43.0. The highest BCUT2D eigenvalue weighted by Gasteiger charge is 2.30. The summed E-state index contributed by atoms with van der Waals surface area (Å²) in [5.74, 6) is 0.462. The van der Waals surface area contributed by atoms with E-state index in [1.807, 2.05) is 0 Å². The molecule has 1 aromatic carbocycles. The van der Waals surface area contributed by atoms with Crippen LogP contribution in [0.3, 0.4) is 0 Å². The summed E-state index contributed by atoms with van der Waals surface area (Å²) in [6, 6.07) is 5.00. The number of hydrogen-bond donors (Lipinski definition) is 1. The molecular weight excluding hydrogens is 257 g/mol. The molecule has 1 aliphatic rings. The molecule has 0 saturated heterocycles. The molecule has 0 amide bonds. The average Bonchev–Trinajstić information content (AvgIpc) is 2.39. The highest BCUT2D eigenvalue weighted by atomic mass is 19.4. The predicted molar refractivity (Wildman–Crippen MR) is 64.4 cm³/mol. The zero-order valence-electron chi connectivity index (χ0n) is 10.3. The van der Waals surface area contributed by atoms with Crippen LogP contribution in [0.15, 0.2) is 36.1 Å². The molecule has 104 valence electrons. The summed E-state index contributed by atoms with van der Waals surface area (Å²) in [4.78, 5) is 0. The Morgan fingerprint density at radius 3 is 2.74 bits per heavy atom. The molecule has 0 aromatic heterocycles. The average molecular weight is 272 g/mol. The molecule has 2 nitrogen and oxygen atoms in total. The smallest absolute Gasteiger partial charge is 0.416 e. The molecule has 1 heterocycles. The minimum absolute atomic E-state index is 0.121. The van der Waals surface area contributed by atoms with Gasteiger partial charge in [0.2, 0.25) is 0 Å². The molecule has 0 bridgehead atoms. The second kappa shape index (κ2) is 5.65. The second-order valence-corrected chi connectivity index (χ2v) is 4.52. The maximum atomic E-state index is 12.6. The Bertz CT molecular complexity index is 466. The lowest BCUT2D eigenvalue weighted by atomic mass is 10.0. The Morgan fingerprint density at radius 1 is 1.32 bits per heavy atom. The zero-order valence-corrected chi connectivity index (χ0v) is 10.3. The number of ether oxygens (including phenoxy) is 1. The number of aliphatic hydroxyl groups excluding tert-OH is 1. The molecule has 1 atom stereocenters. The van der Waals surface area contributed by atoms with Crippen molar-refractivity contribution in [3.63, 3.8) is 0 Å². The lowest BCUT2D eigenvalue weighted by Gasteiger charge is -2.20. The summed E-state index contributed by atoms with van der Waals surface area (Å²) in [6.07, 6.45) is -1.60. The summed E-state index contributed by atoms with van der Waals surface area (Å²) in [6.45, 7) is 0.547. The third kappa shape index (κ3) is 3.73. The molecule has 0 fully saturated rings. The molecule has 1 aromatic rings. The number of hydrogen-bond acceptors (Lipinski definition) is 2. The minimum Gasteiger partial charge on any atom is -0.495 e. The van der Waals surface area contributed by atoms with E-state index in [9.17, 15) is 18.3 Å². The second-order valence-electron chi connectivity index (χ2n) is 4.52. The van der Waals surface area contributed by atoms with Gasteiger partial charge in [-0.1, -0.05) is 18.2 Å². The molecule has 0 saturated carbocycles. The zero-order chi connectivity index (χ0) is 13.9. The first kappa shape index (κ1) is 13.9. The molecule has 0 radical (unpaired) electrons. The largest absolute Gasteiger partial charge is 0.495 e. The Hall–Kier alpha value is -1.49. The molecule has 1 N–H and O–H groups in total. The van der Waals surface area contributed by atoms with E-state index in [1.54, 1.807) is 12.1 Å². The SMILES string of the molecule is OC(Cc1cccc(C(F)(F)F)c1)C1=CCCCO1. The molecule has 19 heavy (non-hydrogen) atoms.